The first-order valence-electron chi connectivity index (χ1n) is 9.89. The molecule has 3 rings (SSSR count). The molecule has 1 aromatic heterocycles. The van der Waals surface area contributed by atoms with Crippen LogP contribution in [0, 0.1) is 13.8 Å². The minimum Gasteiger partial charge on any atom is -0.369 e. The Morgan fingerprint density at radius 2 is 1.90 bits per heavy atom. The molecule has 0 unspecified atom stereocenters. The molecule has 0 radical (unpaired) electrons. The van der Waals surface area contributed by atoms with E-state index in [0.29, 0.717) is 6.54 Å². The Morgan fingerprint density at radius 1 is 1.14 bits per heavy atom. The average molecular weight is 512 g/mol. The van der Waals surface area contributed by atoms with Crippen LogP contribution in [0.25, 0.3) is 0 Å². The minimum absolute atomic E-state index is 0. The lowest BCUT2D eigenvalue weighted by atomic mass is 10.1. The topological polar surface area (TPSA) is 73.6 Å². The van der Waals surface area contributed by atoms with Crippen molar-refractivity contribution in [1.82, 2.24) is 30.3 Å². The molecule has 0 saturated carbocycles. The van der Waals surface area contributed by atoms with Gasteiger partial charge in [-0.15, -0.1) is 24.0 Å². The van der Waals surface area contributed by atoms with E-state index in [4.69, 9.17) is 0 Å². The number of nitrogens with zero attached hydrogens (tertiary/aromatic N) is 6. The first-order chi connectivity index (χ1) is 13.6. The Kier molecular flexibility index (Phi) is 9.15. The number of nitrogens with one attached hydrogen (secondary N) is 2. The molecule has 29 heavy (non-hydrogen) atoms. The number of aliphatic imine (C=N–C) groups is 1. The molecule has 160 valence electrons. The number of halogens is 1. The summed E-state index contributed by atoms with van der Waals surface area (Å²) in [6.45, 7) is 11.2. The van der Waals surface area contributed by atoms with Crippen molar-refractivity contribution in [1.29, 1.82) is 0 Å². The zero-order valence-electron chi connectivity index (χ0n) is 17.9. The molecule has 8 nitrogen and oxygen atoms in total. The molecule has 1 aliphatic heterocycles. The smallest absolute Gasteiger partial charge is 0.191 e. The van der Waals surface area contributed by atoms with E-state index in [2.05, 4.69) is 67.6 Å². The quantitative estimate of drug-likeness (QED) is 0.348. The van der Waals surface area contributed by atoms with Gasteiger partial charge >= 0.3 is 0 Å². The van der Waals surface area contributed by atoms with Crippen molar-refractivity contribution in [2.24, 2.45) is 12.0 Å². The highest BCUT2D eigenvalue weighted by molar-refractivity contribution is 14.0. The van der Waals surface area contributed by atoms with Crippen LogP contribution in [0.1, 0.15) is 17.0 Å². The molecule has 2 heterocycles. The second-order valence-electron chi connectivity index (χ2n) is 7.20. The van der Waals surface area contributed by atoms with Crippen LogP contribution in [-0.4, -0.2) is 71.9 Å². The highest BCUT2D eigenvalue weighted by Crippen LogP contribution is 2.23. The van der Waals surface area contributed by atoms with Gasteiger partial charge in [0.05, 0.1) is 6.54 Å². The highest BCUT2D eigenvalue weighted by atomic mass is 127. The number of aromatic nitrogens is 3. The lowest BCUT2D eigenvalue weighted by Crippen LogP contribution is -2.49. The molecule has 1 aromatic carbocycles. The third-order valence-corrected chi connectivity index (χ3v) is 5.45. The van der Waals surface area contributed by atoms with Gasteiger partial charge < -0.3 is 15.5 Å². The van der Waals surface area contributed by atoms with Crippen LogP contribution in [0.2, 0.25) is 0 Å². The van der Waals surface area contributed by atoms with Gasteiger partial charge in [-0.2, -0.15) is 5.10 Å². The molecule has 1 fully saturated rings. The number of hydrogen-bond acceptors (Lipinski definition) is 5. The molecule has 0 spiro atoms. The molecule has 0 bridgehead atoms. The largest absolute Gasteiger partial charge is 0.369 e. The van der Waals surface area contributed by atoms with E-state index in [-0.39, 0.29) is 24.0 Å². The lowest BCUT2D eigenvalue weighted by molar-refractivity contribution is 0.261. The molecule has 0 atom stereocenters. The fraction of sp³-hybridized carbons (Fsp3) is 0.550. The second-order valence-corrected chi connectivity index (χ2v) is 7.20. The number of piperazine rings is 1. The maximum atomic E-state index is 4.28. The van der Waals surface area contributed by atoms with Crippen molar-refractivity contribution in [2.45, 2.75) is 20.4 Å². The van der Waals surface area contributed by atoms with Crippen molar-refractivity contribution in [2.75, 3.05) is 51.2 Å². The monoisotopic (exact) mass is 512 g/mol. The Morgan fingerprint density at radius 3 is 2.55 bits per heavy atom. The third kappa shape index (κ3) is 6.30. The summed E-state index contributed by atoms with van der Waals surface area (Å²) in [6, 6.07) is 6.59. The number of aryl methyl sites for hydroxylation is 2. The minimum atomic E-state index is 0. The number of rotatable bonds is 6. The predicted molar refractivity (Wildman–Crippen MR) is 129 cm³/mol. The molecule has 1 aliphatic rings. The van der Waals surface area contributed by atoms with Crippen LogP contribution in [0.4, 0.5) is 5.69 Å². The number of guanidine groups is 1. The first-order valence-corrected chi connectivity index (χ1v) is 9.89. The summed E-state index contributed by atoms with van der Waals surface area (Å²) in [5.41, 5.74) is 4.14. The van der Waals surface area contributed by atoms with Crippen LogP contribution in [0.15, 0.2) is 29.5 Å². The molecule has 1 saturated heterocycles. The van der Waals surface area contributed by atoms with E-state index in [1.54, 1.807) is 18.1 Å². The standard InChI is InChI=1S/C20H32N8.HI/c1-16-6-5-7-18(17(16)2)28-12-10-27(11-13-28)9-8-22-20(21-3)23-14-19-24-15-25-26(19)4;/h5-7,15H,8-14H2,1-4H3,(H2,21,22,23);1H. The molecule has 2 aromatic rings. The van der Waals surface area contributed by atoms with Crippen molar-refractivity contribution in [3.8, 4) is 0 Å². The Hall–Kier alpha value is -1.88. The molecular weight excluding hydrogens is 479 g/mol. The summed E-state index contributed by atoms with van der Waals surface area (Å²) in [6.07, 6.45) is 1.56. The van der Waals surface area contributed by atoms with Gasteiger partial charge in [0.1, 0.15) is 12.2 Å². The van der Waals surface area contributed by atoms with Gasteiger partial charge in [0.25, 0.3) is 0 Å². The van der Waals surface area contributed by atoms with Gasteiger partial charge in [-0.05, 0) is 31.0 Å². The highest BCUT2D eigenvalue weighted by Gasteiger charge is 2.18. The van der Waals surface area contributed by atoms with Crippen LogP contribution in [-0.2, 0) is 13.6 Å². The van der Waals surface area contributed by atoms with Gasteiger partial charge in [-0.25, -0.2) is 4.98 Å². The summed E-state index contributed by atoms with van der Waals surface area (Å²) >= 11 is 0. The average Bonchev–Trinajstić information content (AvgIpc) is 3.12. The third-order valence-electron chi connectivity index (χ3n) is 5.45. The Labute approximate surface area is 190 Å². The van der Waals surface area contributed by atoms with Gasteiger partial charge in [-0.3, -0.25) is 14.6 Å². The van der Waals surface area contributed by atoms with Crippen molar-refractivity contribution >= 4 is 35.6 Å². The maximum absolute atomic E-state index is 4.28. The SMILES string of the molecule is CN=C(NCCN1CCN(c2cccc(C)c2C)CC1)NCc1ncnn1C.I. The zero-order chi connectivity index (χ0) is 19.9. The molecular formula is C20H33IN8. The van der Waals surface area contributed by atoms with Gasteiger partial charge in [0.2, 0.25) is 0 Å². The molecule has 0 amide bonds. The molecule has 2 N–H and O–H groups in total. The second kappa shape index (κ2) is 11.3. The van der Waals surface area contributed by atoms with Crippen molar-refractivity contribution in [3.05, 3.63) is 41.5 Å². The van der Waals surface area contributed by atoms with E-state index in [1.807, 2.05) is 7.05 Å². The maximum Gasteiger partial charge on any atom is 0.191 e. The Balaban J connectivity index is 0.00000300. The van der Waals surface area contributed by atoms with E-state index in [1.165, 1.54) is 16.8 Å². The molecule has 0 aliphatic carbocycles. The van der Waals surface area contributed by atoms with E-state index in [9.17, 15) is 0 Å². The first kappa shape index (κ1) is 23.4. The number of anilines is 1. The summed E-state index contributed by atoms with van der Waals surface area (Å²) < 4.78 is 1.76. The summed E-state index contributed by atoms with van der Waals surface area (Å²) in [5.74, 6) is 1.67. The fourth-order valence-electron chi connectivity index (χ4n) is 3.49. The normalized spacial score (nSPS) is 15.2. The zero-order valence-corrected chi connectivity index (χ0v) is 20.2. The summed E-state index contributed by atoms with van der Waals surface area (Å²) in [5, 5.41) is 10.7. The van der Waals surface area contributed by atoms with Crippen molar-refractivity contribution < 1.29 is 0 Å². The van der Waals surface area contributed by atoms with E-state index >= 15 is 0 Å². The summed E-state index contributed by atoms with van der Waals surface area (Å²) in [7, 11) is 3.67. The predicted octanol–water partition coefficient (Wildman–Crippen LogP) is 1.54. The van der Waals surface area contributed by atoms with Gasteiger partial charge in [0.15, 0.2) is 5.96 Å². The van der Waals surface area contributed by atoms with Crippen LogP contribution >= 0.6 is 24.0 Å². The number of benzene rings is 1. The van der Waals surface area contributed by atoms with Crippen LogP contribution in [0.3, 0.4) is 0 Å². The lowest BCUT2D eigenvalue weighted by Gasteiger charge is -2.37. The van der Waals surface area contributed by atoms with Crippen LogP contribution in [0.5, 0.6) is 0 Å². The van der Waals surface area contributed by atoms with E-state index in [0.717, 1.165) is 51.1 Å². The summed E-state index contributed by atoms with van der Waals surface area (Å²) in [4.78, 5) is 13.5. The van der Waals surface area contributed by atoms with Gasteiger partial charge in [0, 0.05) is 59.1 Å². The van der Waals surface area contributed by atoms with Gasteiger partial charge in [-0.1, -0.05) is 12.1 Å². The number of hydrogen-bond donors (Lipinski definition) is 2. The van der Waals surface area contributed by atoms with E-state index < -0.39 is 0 Å². The molecule has 9 heteroatoms. The van der Waals surface area contributed by atoms with Crippen LogP contribution < -0.4 is 15.5 Å². The Bertz CT molecular complexity index is 796. The van der Waals surface area contributed by atoms with Crippen molar-refractivity contribution in [3.63, 3.8) is 0 Å². The fourth-order valence-corrected chi connectivity index (χ4v) is 3.49.